The van der Waals surface area contributed by atoms with Crippen LogP contribution in [0.2, 0.25) is 0 Å². The smallest absolute Gasteiger partial charge is 0.215 e. The summed E-state index contributed by atoms with van der Waals surface area (Å²) < 4.78 is 33.3. The molecule has 1 aromatic heterocycles. The van der Waals surface area contributed by atoms with Gasteiger partial charge in [-0.15, -0.1) is 0 Å². The van der Waals surface area contributed by atoms with Crippen LogP contribution in [-0.4, -0.2) is 43.2 Å². The van der Waals surface area contributed by atoms with Crippen molar-refractivity contribution in [2.45, 2.75) is 25.1 Å². The SMILES string of the molecule is CCNS(=O)(=O)C1CCN(Cc2nc3ccc(Br)cc3o2)C1. The molecule has 2 aromatic rings. The first-order valence-corrected chi connectivity index (χ1v) is 9.57. The molecule has 22 heavy (non-hydrogen) atoms. The molecule has 1 saturated heterocycles. The fraction of sp³-hybridized carbons (Fsp3) is 0.500. The second-order valence-electron chi connectivity index (χ2n) is 5.41. The van der Waals surface area contributed by atoms with Crippen molar-refractivity contribution in [3.8, 4) is 0 Å². The number of nitrogens with zero attached hydrogens (tertiary/aromatic N) is 2. The van der Waals surface area contributed by atoms with Gasteiger partial charge in [0.05, 0.1) is 11.8 Å². The van der Waals surface area contributed by atoms with Crippen LogP contribution in [0.1, 0.15) is 19.2 Å². The standard InChI is InChI=1S/C14H18BrN3O3S/c1-2-16-22(19,20)11-5-6-18(8-11)9-14-17-12-4-3-10(15)7-13(12)21-14/h3-4,7,11,16H,2,5-6,8-9H2,1H3. The number of rotatable bonds is 5. The molecule has 8 heteroatoms. The summed E-state index contributed by atoms with van der Waals surface area (Å²) in [6.45, 7) is 4.00. The van der Waals surface area contributed by atoms with Gasteiger partial charge in [-0.3, -0.25) is 4.90 Å². The molecule has 1 unspecified atom stereocenters. The zero-order chi connectivity index (χ0) is 15.7. The van der Waals surface area contributed by atoms with Gasteiger partial charge in [0.15, 0.2) is 5.58 Å². The molecule has 1 aliphatic rings. The Morgan fingerprint density at radius 3 is 3.09 bits per heavy atom. The number of nitrogens with one attached hydrogen (secondary N) is 1. The number of benzene rings is 1. The fourth-order valence-electron chi connectivity index (χ4n) is 2.72. The molecule has 0 radical (unpaired) electrons. The lowest BCUT2D eigenvalue weighted by Gasteiger charge is -2.14. The van der Waals surface area contributed by atoms with Crippen molar-refractivity contribution in [3.63, 3.8) is 0 Å². The lowest BCUT2D eigenvalue weighted by molar-refractivity contribution is 0.295. The highest BCUT2D eigenvalue weighted by Crippen LogP contribution is 2.23. The topological polar surface area (TPSA) is 75.4 Å². The predicted molar refractivity (Wildman–Crippen MR) is 88.0 cm³/mol. The molecule has 6 nitrogen and oxygen atoms in total. The molecule has 0 saturated carbocycles. The maximum Gasteiger partial charge on any atom is 0.215 e. The Hall–Kier alpha value is -0.960. The Kier molecular flexibility index (Phi) is 4.54. The average Bonchev–Trinajstić information content (AvgIpc) is 3.05. The summed E-state index contributed by atoms with van der Waals surface area (Å²) >= 11 is 3.40. The Morgan fingerprint density at radius 2 is 2.32 bits per heavy atom. The first-order chi connectivity index (χ1) is 10.5. The summed E-state index contributed by atoms with van der Waals surface area (Å²) in [5.41, 5.74) is 1.55. The zero-order valence-electron chi connectivity index (χ0n) is 12.3. The fourth-order valence-corrected chi connectivity index (χ4v) is 4.52. The zero-order valence-corrected chi connectivity index (χ0v) is 14.7. The molecule has 1 fully saturated rings. The van der Waals surface area contributed by atoms with Crippen LogP contribution >= 0.6 is 15.9 Å². The molecule has 1 aromatic carbocycles. The van der Waals surface area contributed by atoms with Crippen molar-refractivity contribution >= 4 is 37.1 Å². The van der Waals surface area contributed by atoms with E-state index in [-0.39, 0.29) is 5.25 Å². The molecule has 120 valence electrons. The van der Waals surface area contributed by atoms with Gasteiger partial charge >= 0.3 is 0 Å². The quantitative estimate of drug-likeness (QED) is 0.849. The highest BCUT2D eigenvalue weighted by molar-refractivity contribution is 9.10. The molecule has 1 aliphatic heterocycles. The van der Waals surface area contributed by atoms with Gasteiger partial charge in [0.25, 0.3) is 0 Å². The number of oxazole rings is 1. The van der Waals surface area contributed by atoms with Crippen LogP contribution in [0.5, 0.6) is 0 Å². The van der Waals surface area contributed by atoms with Crippen LogP contribution in [0.15, 0.2) is 27.1 Å². The highest BCUT2D eigenvalue weighted by Gasteiger charge is 2.33. The lowest BCUT2D eigenvalue weighted by Crippen LogP contribution is -2.36. The Bertz CT molecular complexity index is 775. The summed E-state index contributed by atoms with van der Waals surface area (Å²) in [5.74, 6) is 0.620. The van der Waals surface area contributed by atoms with E-state index >= 15 is 0 Å². The minimum atomic E-state index is -3.21. The van der Waals surface area contributed by atoms with Crippen LogP contribution in [0, 0.1) is 0 Å². The summed E-state index contributed by atoms with van der Waals surface area (Å²) in [6.07, 6.45) is 0.640. The number of aromatic nitrogens is 1. The van der Waals surface area contributed by atoms with Crippen molar-refractivity contribution < 1.29 is 12.8 Å². The van der Waals surface area contributed by atoms with E-state index in [0.29, 0.717) is 31.9 Å². The van der Waals surface area contributed by atoms with Crippen molar-refractivity contribution in [1.29, 1.82) is 0 Å². The van der Waals surface area contributed by atoms with Crippen LogP contribution in [0.4, 0.5) is 0 Å². The third-order valence-electron chi connectivity index (χ3n) is 3.77. The van der Waals surface area contributed by atoms with E-state index in [1.807, 2.05) is 18.2 Å². The van der Waals surface area contributed by atoms with Gasteiger partial charge in [-0.1, -0.05) is 22.9 Å². The van der Waals surface area contributed by atoms with Gasteiger partial charge in [-0.25, -0.2) is 18.1 Å². The monoisotopic (exact) mass is 387 g/mol. The largest absolute Gasteiger partial charge is 0.439 e. The van der Waals surface area contributed by atoms with Gasteiger partial charge < -0.3 is 4.42 Å². The number of halogens is 1. The highest BCUT2D eigenvalue weighted by atomic mass is 79.9. The van der Waals surface area contributed by atoms with Crippen molar-refractivity contribution in [1.82, 2.24) is 14.6 Å². The van der Waals surface area contributed by atoms with Crippen LogP contribution in [0.25, 0.3) is 11.1 Å². The van der Waals surface area contributed by atoms with Crippen LogP contribution < -0.4 is 4.72 Å². The summed E-state index contributed by atoms with van der Waals surface area (Å²) in [5, 5.41) is -0.356. The molecular weight excluding hydrogens is 370 g/mol. The second-order valence-corrected chi connectivity index (χ2v) is 8.37. The van der Waals surface area contributed by atoms with Gasteiger partial charge in [0, 0.05) is 24.1 Å². The number of sulfonamides is 1. The van der Waals surface area contributed by atoms with E-state index in [1.165, 1.54) is 0 Å². The summed E-state index contributed by atoms with van der Waals surface area (Å²) in [7, 11) is -3.21. The normalized spacial score (nSPS) is 20.0. The van der Waals surface area contributed by atoms with Crippen LogP contribution in [0.3, 0.4) is 0 Å². The van der Waals surface area contributed by atoms with Gasteiger partial charge in [-0.2, -0.15) is 0 Å². The molecule has 1 N–H and O–H groups in total. The summed E-state index contributed by atoms with van der Waals surface area (Å²) in [4.78, 5) is 6.52. The van der Waals surface area contributed by atoms with Crippen LogP contribution in [-0.2, 0) is 16.6 Å². The molecule has 3 rings (SSSR count). The van der Waals surface area contributed by atoms with Crippen molar-refractivity contribution in [2.75, 3.05) is 19.6 Å². The van der Waals surface area contributed by atoms with Gasteiger partial charge in [-0.05, 0) is 24.6 Å². The molecule has 0 amide bonds. The minimum Gasteiger partial charge on any atom is -0.439 e. The number of fused-ring (bicyclic) bond motifs is 1. The third kappa shape index (κ3) is 3.34. The third-order valence-corrected chi connectivity index (χ3v) is 6.21. The Balaban J connectivity index is 1.69. The van der Waals surface area contributed by atoms with E-state index in [1.54, 1.807) is 6.92 Å². The molecule has 2 heterocycles. The Morgan fingerprint density at radius 1 is 1.50 bits per heavy atom. The first-order valence-electron chi connectivity index (χ1n) is 7.24. The second kappa shape index (κ2) is 6.27. The van der Waals surface area contributed by atoms with E-state index in [4.69, 9.17) is 4.42 Å². The molecule has 1 atom stereocenters. The van der Waals surface area contributed by atoms with Crippen molar-refractivity contribution in [2.24, 2.45) is 0 Å². The maximum atomic E-state index is 12.0. The first kappa shape index (κ1) is 15.9. The molecule has 0 spiro atoms. The number of likely N-dealkylation sites (tertiary alicyclic amines) is 1. The Labute approximate surface area is 138 Å². The van der Waals surface area contributed by atoms with Gasteiger partial charge in [0.1, 0.15) is 5.52 Å². The molecular formula is C14H18BrN3O3S. The van der Waals surface area contributed by atoms with Gasteiger partial charge in [0.2, 0.25) is 15.9 Å². The van der Waals surface area contributed by atoms with E-state index < -0.39 is 10.0 Å². The van der Waals surface area contributed by atoms with E-state index in [9.17, 15) is 8.42 Å². The molecule has 0 aliphatic carbocycles. The minimum absolute atomic E-state index is 0.356. The average molecular weight is 388 g/mol. The molecule has 0 bridgehead atoms. The number of hydrogen-bond acceptors (Lipinski definition) is 5. The van der Waals surface area contributed by atoms with Crippen molar-refractivity contribution in [3.05, 3.63) is 28.6 Å². The number of hydrogen-bond donors (Lipinski definition) is 1. The van der Waals surface area contributed by atoms with E-state index in [2.05, 4.69) is 30.5 Å². The lowest BCUT2D eigenvalue weighted by atomic mass is 10.3. The maximum absolute atomic E-state index is 12.0. The summed E-state index contributed by atoms with van der Waals surface area (Å²) in [6, 6.07) is 5.70. The van der Waals surface area contributed by atoms with E-state index in [0.717, 1.165) is 22.1 Å². The predicted octanol–water partition coefficient (Wildman–Crippen LogP) is 2.10.